The number of hydrogen-bond donors (Lipinski definition) is 0. The summed E-state index contributed by atoms with van der Waals surface area (Å²) >= 11 is 0. The molecule has 0 saturated heterocycles. The Morgan fingerprint density at radius 3 is 2.82 bits per heavy atom. The normalized spacial score (nSPS) is 40.1. The second kappa shape index (κ2) is 1.84. The second-order valence-corrected chi connectivity index (χ2v) is 3.33. The van der Waals surface area contributed by atoms with Gasteiger partial charge in [0.1, 0.15) is 11.2 Å². The van der Waals surface area contributed by atoms with E-state index < -0.39 is 5.41 Å². The fourth-order valence-corrected chi connectivity index (χ4v) is 2.09. The molecule has 0 amide bonds. The molecular weight excluding hydrogens is 144 g/mol. The highest BCUT2D eigenvalue weighted by Crippen LogP contribution is 2.61. The van der Waals surface area contributed by atoms with E-state index in [9.17, 15) is 9.59 Å². The van der Waals surface area contributed by atoms with Crippen molar-refractivity contribution in [3.05, 3.63) is 0 Å². The van der Waals surface area contributed by atoms with Crippen molar-refractivity contribution >= 4 is 11.8 Å². The van der Waals surface area contributed by atoms with Gasteiger partial charge in [0.25, 0.3) is 0 Å². The van der Waals surface area contributed by atoms with Gasteiger partial charge in [0.05, 0.1) is 7.11 Å². The summed E-state index contributed by atoms with van der Waals surface area (Å²) in [6.45, 7) is 0. The van der Waals surface area contributed by atoms with E-state index in [-0.39, 0.29) is 11.8 Å². The molecule has 0 spiro atoms. The maximum absolute atomic E-state index is 11.2. The SMILES string of the molecule is COC(=O)[C@@]12C[C@@H]1CCC2=O. The van der Waals surface area contributed by atoms with Crippen LogP contribution < -0.4 is 0 Å². The maximum atomic E-state index is 11.2. The van der Waals surface area contributed by atoms with Crippen molar-refractivity contribution in [2.75, 3.05) is 7.11 Å². The molecule has 2 rings (SSSR count). The lowest BCUT2D eigenvalue weighted by Gasteiger charge is -2.05. The molecule has 11 heavy (non-hydrogen) atoms. The van der Waals surface area contributed by atoms with E-state index in [1.165, 1.54) is 7.11 Å². The van der Waals surface area contributed by atoms with Gasteiger partial charge in [-0.25, -0.2) is 0 Å². The Morgan fingerprint density at radius 2 is 2.45 bits per heavy atom. The first-order chi connectivity index (χ1) is 5.21. The van der Waals surface area contributed by atoms with Crippen LogP contribution in [-0.2, 0) is 14.3 Å². The van der Waals surface area contributed by atoms with Crippen LogP contribution in [0.2, 0.25) is 0 Å². The zero-order chi connectivity index (χ0) is 8.06. The molecule has 0 aromatic heterocycles. The van der Waals surface area contributed by atoms with Gasteiger partial charge in [-0.1, -0.05) is 0 Å². The van der Waals surface area contributed by atoms with Crippen LogP contribution in [0.1, 0.15) is 19.3 Å². The zero-order valence-corrected chi connectivity index (χ0v) is 6.42. The number of Topliss-reactive ketones (excluding diaryl/α,β-unsaturated/α-hetero) is 1. The van der Waals surface area contributed by atoms with Crippen LogP contribution in [0, 0.1) is 11.3 Å². The van der Waals surface area contributed by atoms with E-state index in [2.05, 4.69) is 4.74 Å². The largest absolute Gasteiger partial charge is 0.468 e. The van der Waals surface area contributed by atoms with Crippen LogP contribution >= 0.6 is 0 Å². The summed E-state index contributed by atoms with van der Waals surface area (Å²) in [5.41, 5.74) is -0.672. The van der Waals surface area contributed by atoms with E-state index in [0.717, 1.165) is 12.8 Å². The predicted molar refractivity (Wildman–Crippen MR) is 36.8 cm³/mol. The lowest BCUT2D eigenvalue weighted by atomic mass is 10.0. The Balaban J connectivity index is 2.24. The molecule has 2 saturated carbocycles. The van der Waals surface area contributed by atoms with E-state index in [1.807, 2.05) is 0 Å². The Morgan fingerprint density at radius 1 is 1.73 bits per heavy atom. The van der Waals surface area contributed by atoms with Crippen molar-refractivity contribution in [1.29, 1.82) is 0 Å². The molecule has 0 radical (unpaired) electrons. The first-order valence-electron chi connectivity index (χ1n) is 3.83. The Labute approximate surface area is 64.7 Å². The minimum Gasteiger partial charge on any atom is -0.468 e. The third-order valence-corrected chi connectivity index (χ3v) is 2.87. The smallest absolute Gasteiger partial charge is 0.319 e. The highest BCUT2D eigenvalue weighted by molar-refractivity contribution is 6.09. The summed E-state index contributed by atoms with van der Waals surface area (Å²) in [6.07, 6.45) is 2.19. The summed E-state index contributed by atoms with van der Waals surface area (Å²) in [5, 5.41) is 0. The summed E-state index contributed by atoms with van der Waals surface area (Å²) in [4.78, 5) is 22.4. The first kappa shape index (κ1) is 6.83. The van der Waals surface area contributed by atoms with Gasteiger partial charge in [0, 0.05) is 6.42 Å². The molecule has 0 aromatic rings. The summed E-state index contributed by atoms with van der Waals surface area (Å²) in [5.74, 6) is 0.0850. The van der Waals surface area contributed by atoms with Crippen LogP contribution in [0.5, 0.6) is 0 Å². The molecule has 0 aliphatic heterocycles. The van der Waals surface area contributed by atoms with E-state index >= 15 is 0 Å². The van der Waals surface area contributed by atoms with Gasteiger partial charge in [0.15, 0.2) is 0 Å². The van der Waals surface area contributed by atoms with Crippen molar-refractivity contribution in [3.63, 3.8) is 0 Å². The van der Waals surface area contributed by atoms with Gasteiger partial charge < -0.3 is 4.74 Å². The number of fused-ring (bicyclic) bond motifs is 1. The molecule has 2 aliphatic rings. The number of ketones is 1. The van der Waals surface area contributed by atoms with Gasteiger partial charge in [0.2, 0.25) is 0 Å². The van der Waals surface area contributed by atoms with Gasteiger partial charge in [-0.3, -0.25) is 9.59 Å². The number of ether oxygens (including phenoxy) is 1. The van der Waals surface area contributed by atoms with Crippen molar-refractivity contribution in [2.45, 2.75) is 19.3 Å². The zero-order valence-electron chi connectivity index (χ0n) is 6.42. The van der Waals surface area contributed by atoms with Crippen LogP contribution in [-0.4, -0.2) is 18.9 Å². The summed E-state index contributed by atoms with van der Waals surface area (Å²) < 4.78 is 4.59. The Kier molecular flexibility index (Phi) is 1.14. The molecule has 0 bridgehead atoms. The Bertz CT molecular complexity index is 233. The molecule has 2 atom stereocenters. The minimum atomic E-state index is -0.672. The quantitative estimate of drug-likeness (QED) is 0.408. The lowest BCUT2D eigenvalue weighted by molar-refractivity contribution is -0.150. The van der Waals surface area contributed by atoms with E-state index in [1.54, 1.807) is 0 Å². The van der Waals surface area contributed by atoms with Gasteiger partial charge in [-0.2, -0.15) is 0 Å². The topological polar surface area (TPSA) is 43.4 Å². The molecule has 3 heteroatoms. The van der Waals surface area contributed by atoms with Crippen molar-refractivity contribution in [2.24, 2.45) is 11.3 Å². The average Bonchev–Trinajstić information content (AvgIpc) is 2.68. The molecule has 60 valence electrons. The van der Waals surface area contributed by atoms with Crippen LogP contribution in [0.25, 0.3) is 0 Å². The van der Waals surface area contributed by atoms with Crippen molar-refractivity contribution in [3.8, 4) is 0 Å². The van der Waals surface area contributed by atoms with Crippen LogP contribution in [0.3, 0.4) is 0 Å². The first-order valence-corrected chi connectivity index (χ1v) is 3.83. The monoisotopic (exact) mass is 154 g/mol. The molecule has 3 nitrogen and oxygen atoms in total. The molecule has 0 aromatic carbocycles. The third kappa shape index (κ3) is 0.633. The van der Waals surface area contributed by atoms with E-state index in [0.29, 0.717) is 12.3 Å². The molecule has 2 fully saturated rings. The second-order valence-electron chi connectivity index (χ2n) is 3.33. The highest BCUT2D eigenvalue weighted by atomic mass is 16.5. The summed E-state index contributed by atoms with van der Waals surface area (Å²) in [7, 11) is 1.35. The lowest BCUT2D eigenvalue weighted by Crippen LogP contribution is -2.24. The average molecular weight is 154 g/mol. The third-order valence-electron chi connectivity index (χ3n) is 2.87. The van der Waals surface area contributed by atoms with Crippen molar-refractivity contribution in [1.82, 2.24) is 0 Å². The number of methoxy groups -OCH3 is 1. The van der Waals surface area contributed by atoms with Crippen LogP contribution in [0.15, 0.2) is 0 Å². The molecule has 0 heterocycles. The Hall–Kier alpha value is -0.860. The van der Waals surface area contributed by atoms with Gasteiger partial charge in [-0.05, 0) is 18.8 Å². The number of rotatable bonds is 1. The maximum Gasteiger partial charge on any atom is 0.319 e. The van der Waals surface area contributed by atoms with Gasteiger partial charge in [-0.15, -0.1) is 0 Å². The molecule has 2 aliphatic carbocycles. The van der Waals surface area contributed by atoms with Crippen LogP contribution in [0.4, 0.5) is 0 Å². The number of hydrogen-bond acceptors (Lipinski definition) is 3. The molecule has 0 N–H and O–H groups in total. The minimum absolute atomic E-state index is 0.0920. The fourth-order valence-electron chi connectivity index (χ4n) is 2.09. The number of carbonyl (C=O) groups is 2. The van der Waals surface area contributed by atoms with Crippen molar-refractivity contribution < 1.29 is 14.3 Å². The molecular formula is C8H10O3. The summed E-state index contributed by atoms with van der Waals surface area (Å²) in [6, 6.07) is 0. The standard InChI is InChI=1S/C8H10O3/c1-11-7(10)8-4-5(8)2-3-6(8)9/h5H,2-4H2,1H3/t5-,8-/m0/s1. The van der Waals surface area contributed by atoms with Gasteiger partial charge >= 0.3 is 5.97 Å². The highest BCUT2D eigenvalue weighted by Gasteiger charge is 2.68. The predicted octanol–water partition coefficient (Wildman–Crippen LogP) is 0.529. The number of carbonyl (C=O) groups excluding carboxylic acids is 2. The molecule has 0 unspecified atom stereocenters. The fraction of sp³-hybridized carbons (Fsp3) is 0.750. The number of esters is 1. The van der Waals surface area contributed by atoms with E-state index in [4.69, 9.17) is 0 Å².